The molecule has 0 aliphatic heterocycles. The van der Waals surface area contributed by atoms with Crippen LogP contribution in [-0.2, 0) is 0 Å². The van der Waals surface area contributed by atoms with Gasteiger partial charge in [0.05, 0.1) is 20.6 Å². The molecule has 0 aliphatic rings. The molecule has 0 N–H and O–H groups in total. The van der Waals surface area contributed by atoms with Crippen LogP contribution < -0.4 is 4.90 Å². The summed E-state index contributed by atoms with van der Waals surface area (Å²) in [5.74, 6) is 0. The number of anilines is 3. The molecule has 0 fully saturated rings. The molecular weight excluding hydrogens is 689 g/mol. The number of hydrogen-bond donors (Lipinski definition) is 0. The quantitative estimate of drug-likeness (QED) is 0.176. The van der Waals surface area contributed by atoms with E-state index in [0.717, 1.165) is 27.5 Å². The van der Waals surface area contributed by atoms with Crippen molar-refractivity contribution in [2.75, 3.05) is 4.90 Å². The van der Waals surface area contributed by atoms with Crippen molar-refractivity contribution < 1.29 is 0 Å². The van der Waals surface area contributed by atoms with Crippen LogP contribution in [0.3, 0.4) is 0 Å². The van der Waals surface area contributed by atoms with E-state index in [-0.39, 0.29) is 0 Å². The number of benzene rings is 8. The second-order valence-electron chi connectivity index (χ2n) is 13.1. The predicted octanol–water partition coefficient (Wildman–Crippen LogP) is 15.0. The van der Waals surface area contributed by atoms with Gasteiger partial charge in [0.15, 0.2) is 0 Å². The average Bonchev–Trinajstić information content (AvgIpc) is 3.92. The number of fused-ring (bicyclic) bond motifs is 9. The van der Waals surface area contributed by atoms with E-state index >= 15 is 0 Å². The highest BCUT2D eigenvalue weighted by Crippen LogP contribution is 2.48. The first kappa shape index (κ1) is 29.8. The molecule has 3 heterocycles. The van der Waals surface area contributed by atoms with E-state index in [1.165, 1.54) is 72.6 Å². The van der Waals surface area contributed by atoms with Crippen LogP contribution in [-0.4, -0.2) is 4.98 Å². The summed E-state index contributed by atoms with van der Waals surface area (Å²) in [5, 5.41) is 8.65. The molecule has 8 aromatic carbocycles. The van der Waals surface area contributed by atoms with Gasteiger partial charge in [-0.05, 0) is 76.5 Å². The van der Waals surface area contributed by atoms with Crippen LogP contribution in [0.5, 0.6) is 0 Å². The number of thiophene rings is 2. The molecule has 5 heteroatoms. The van der Waals surface area contributed by atoms with Gasteiger partial charge in [-0.15, -0.1) is 34.0 Å². The molecule has 0 saturated carbocycles. The summed E-state index contributed by atoms with van der Waals surface area (Å²) in [5.41, 5.74) is 8.13. The van der Waals surface area contributed by atoms with Crippen LogP contribution in [0.1, 0.15) is 0 Å². The number of rotatable bonds is 5. The predicted molar refractivity (Wildman–Crippen MR) is 228 cm³/mol. The van der Waals surface area contributed by atoms with Gasteiger partial charge in [-0.1, -0.05) is 115 Å². The van der Waals surface area contributed by atoms with E-state index in [2.05, 4.69) is 175 Å². The van der Waals surface area contributed by atoms with Crippen molar-refractivity contribution in [1.82, 2.24) is 4.98 Å². The fraction of sp³-hybridized carbons (Fsp3) is 0. The number of nitrogens with zero attached hydrogens (tertiary/aromatic N) is 2. The maximum atomic E-state index is 5.26. The summed E-state index contributed by atoms with van der Waals surface area (Å²) in [6.45, 7) is 0. The molecule has 244 valence electrons. The molecule has 3 aromatic heterocycles. The number of aromatic nitrogens is 1. The summed E-state index contributed by atoms with van der Waals surface area (Å²) in [6.07, 6.45) is 0. The van der Waals surface area contributed by atoms with Crippen molar-refractivity contribution in [2.24, 2.45) is 0 Å². The van der Waals surface area contributed by atoms with Crippen LogP contribution in [0.15, 0.2) is 170 Å². The fourth-order valence-corrected chi connectivity index (χ4v) is 11.0. The van der Waals surface area contributed by atoms with Crippen molar-refractivity contribution in [3.8, 4) is 21.7 Å². The second kappa shape index (κ2) is 11.9. The van der Waals surface area contributed by atoms with Crippen molar-refractivity contribution in [3.05, 3.63) is 170 Å². The van der Waals surface area contributed by atoms with Gasteiger partial charge in [-0.25, -0.2) is 4.98 Å². The van der Waals surface area contributed by atoms with Gasteiger partial charge in [-0.3, -0.25) is 0 Å². The summed E-state index contributed by atoms with van der Waals surface area (Å²) in [4.78, 5) is 7.71. The van der Waals surface area contributed by atoms with Crippen LogP contribution in [0, 0.1) is 0 Å². The van der Waals surface area contributed by atoms with E-state index < -0.39 is 0 Å². The molecule has 0 aliphatic carbocycles. The minimum Gasteiger partial charge on any atom is -0.309 e. The third-order valence-electron chi connectivity index (χ3n) is 10.1. The van der Waals surface area contributed by atoms with Gasteiger partial charge in [0.25, 0.3) is 0 Å². The molecule has 0 amide bonds. The molecule has 0 atom stereocenters. The lowest BCUT2D eigenvalue weighted by Gasteiger charge is -2.26. The monoisotopic (exact) mass is 716 g/mol. The van der Waals surface area contributed by atoms with Crippen LogP contribution in [0.25, 0.3) is 83.0 Å². The molecule has 0 unspecified atom stereocenters. The first-order valence-corrected chi connectivity index (χ1v) is 19.8. The Morgan fingerprint density at radius 1 is 0.423 bits per heavy atom. The SMILES string of the molecule is c1ccc(-c2nc3c(ccc4sc5ccc(N(c6ccc(-c7cccc8ccccc78)cc6)c6cccc7c6sc6ccccc67)cc5c43)s2)cc1. The lowest BCUT2D eigenvalue weighted by Crippen LogP contribution is -2.10. The smallest absolute Gasteiger partial charge is 0.124 e. The van der Waals surface area contributed by atoms with Gasteiger partial charge in [0.1, 0.15) is 5.01 Å². The first-order chi connectivity index (χ1) is 25.8. The Morgan fingerprint density at radius 2 is 1.12 bits per heavy atom. The molecule has 0 bridgehead atoms. The summed E-state index contributed by atoms with van der Waals surface area (Å²) in [7, 11) is 0. The summed E-state index contributed by atoms with van der Waals surface area (Å²) >= 11 is 5.49. The zero-order valence-corrected chi connectivity index (χ0v) is 30.2. The zero-order valence-electron chi connectivity index (χ0n) is 27.8. The van der Waals surface area contributed by atoms with Crippen LogP contribution in [0.4, 0.5) is 17.1 Å². The highest BCUT2D eigenvalue weighted by atomic mass is 32.1. The van der Waals surface area contributed by atoms with E-state index in [4.69, 9.17) is 4.98 Å². The van der Waals surface area contributed by atoms with E-state index in [1.54, 1.807) is 11.3 Å². The number of hydrogen-bond acceptors (Lipinski definition) is 5. The first-order valence-electron chi connectivity index (χ1n) is 17.4. The van der Waals surface area contributed by atoms with Gasteiger partial charge in [-0.2, -0.15) is 0 Å². The van der Waals surface area contributed by atoms with Crippen LogP contribution in [0.2, 0.25) is 0 Å². The normalized spacial score (nSPS) is 11.8. The molecule has 11 rings (SSSR count). The van der Waals surface area contributed by atoms with E-state index in [1.807, 2.05) is 22.7 Å². The number of thiazole rings is 1. The minimum absolute atomic E-state index is 1.06. The lowest BCUT2D eigenvalue weighted by atomic mass is 9.98. The van der Waals surface area contributed by atoms with Crippen molar-refractivity contribution in [2.45, 2.75) is 0 Å². The Balaban J connectivity index is 1.13. The lowest BCUT2D eigenvalue weighted by molar-refractivity contribution is 1.31. The highest BCUT2D eigenvalue weighted by molar-refractivity contribution is 7.27. The van der Waals surface area contributed by atoms with Crippen molar-refractivity contribution in [1.29, 1.82) is 0 Å². The minimum atomic E-state index is 1.06. The van der Waals surface area contributed by atoms with Crippen LogP contribution >= 0.6 is 34.0 Å². The van der Waals surface area contributed by atoms with E-state index in [9.17, 15) is 0 Å². The Hall–Kier alpha value is -5.85. The molecule has 0 radical (unpaired) electrons. The Labute approximate surface area is 312 Å². The third-order valence-corrected chi connectivity index (χ3v) is 13.5. The average molecular weight is 717 g/mol. The maximum absolute atomic E-state index is 5.26. The van der Waals surface area contributed by atoms with Gasteiger partial charge < -0.3 is 4.90 Å². The van der Waals surface area contributed by atoms with Crippen molar-refractivity contribution >= 4 is 112 Å². The molecule has 11 aromatic rings. The van der Waals surface area contributed by atoms with Crippen molar-refractivity contribution in [3.63, 3.8) is 0 Å². The Kier molecular flexibility index (Phi) is 6.80. The summed E-state index contributed by atoms with van der Waals surface area (Å²) < 4.78 is 6.34. The standard InChI is InChI=1S/C47H28N2S3/c1-2-11-31(12-3-1)47-48-45-43(52-47)27-26-42-44(45)38-28-33(24-25-41(38)50-42)49(39-18-9-17-37-36-15-6-7-19-40(36)51-46(37)39)32-22-20-30(21-23-32)35-16-8-13-29-10-4-5-14-34(29)35/h1-28H. The Morgan fingerprint density at radius 3 is 2.02 bits per heavy atom. The van der Waals surface area contributed by atoms with Gasteiger partial charge >= 0.3 is 0 Å². The molecule has 0 saturated heterocycles. The zero-order chi connectivity index (χ0) is 34.2. The highest BCUT2D eigenvalue weighted by Gasteiger charge is 2.21. The third kappa shape index (κ3) is 4.71. The van der Waals surface area contributed by atoms with Gasteiger partial charge in [0.2, 0.25) is 0 Å². The molecular formula is C47H28N2S3. The van der Waals surface area contributed by atoms with Gasteiger partial charge in [0, 0.05) is 52.6 Å². The maximum Gasteiger partial charge on any atom is 0.124 e. The Bertz CT molecular complexity index is 3130. The fourth-order valence-electron chi connectivity index (χ4n) is 7.69. The topological polar surface area (TPSA) is 16.1 Å². The summed E-state index contributed by atoms with van der Waals surface area (Å²) in [6, 6.07) is 61.8. The largest absolute Gasteiger partial charge is 0.309 e. The molecule has 0 spiro atoms. The molecule has 2 nitrogen and oxygen atoms in total. The molecule has 52 heavy (non-hydrogen) atoms. The van der Waals surface area contributed by atoms with E-state index in [0.29, 0.717) is 0 Å². The second-order valence-corrected chi connectivity index (χ2v) is 16.3.